The molecule has 1 aliphatic heterocycles. The summed E-state index contributed by atoms with van der Waals surface area (Å²) in [7, 11) is 1.58. The first kappa shape index (κ1) is 16.1. The topological polar surface area (TPSA) is 62.6 Å². The molecule has 1 aromatic rings. The van der Waals surface area contributed by atoms with E-state index in [9.17, 15) is 10.1 Å². The molecule has 0 aromatic heterocycles. The van der Waals surface area contributed by atoms with Gasteiger partial charge in [0.05, 0.1) is 20.3 Å². The number of ether oxygens (including phenoxy) is 2. The SMILES string of the molecule is CCc1ccc(OC)c(/C=C(\C#N)C(=O)N2CCOCC2)c1. The van der Waals surface area contributed by atoms with Gasteiger partial charge < -0.3 is 14.4 Å². The lowest BCUT2D eigenvalue weighted by atomic mass is 10.0. The first-order chi connectivity index (χ1) is 10.7. The van der Waals surface area contributed by atoms with Gasteiger partial charge in [-0.25, -0.2) is 0 Å². The van der Waals surface area contributed by atoms with Crippen LogP contribution in [-0.4, -0.2) is 44.2 Å². The Balaban J connectivity index is 2.31. The van der Waals surface area contributed by atoms with Gasteiger partial charge in [-0.3, -0.25) is 4.79 Å². The molecule has 2 rings (SSSR count). The summed E-state index contributed by atoms with van der Waals surface area (Å²) in [5, 5.41) is 9.34. The van der Waals surface area contributed by atoms with Crippen molar-refractivity contribution in [2.75, 3.05) is 33.4 Å². The molecule has 0 atom stereocenters. The van der Waals surface area contributed by atoms with Crippen LogP contribution in [0.3, 0.4) is 0 Å². The summed E-state index contributed by atoms with van der Waals surface area (Å²) in [5.41, 5.74) is 2.00. The van der Waals surface area contributed by atoms with Gasteiger partial charge in [0, 0.05) is 18.7 Å². The zero-order chi connectivity index (χ0) is 15.9. The third-order valence-electron chi connectivity index (χ3n) is 3.65. The minimum Gasteiger partial charge on any atom is -0.496 e. The maximum Gasteiger partial charge on any atom is 0.264 e. The second-order valence-electron chi connectivity index (χ2n) is 5.00. The Morgan fingerprint density at radius 2 is 2.18 bits per heavy atom. The quantitative estimate of drug-likeness (QED) is 0.630. The zero-order valence-corrected chi connectivity index (χ0v) is 13.0. The lowest BCUT2D eigenvalue weighted by Crippen LogP contribution is -2.41. The molecule has 1 aliphatic rings. The normalized spacial score (nSPS) is 15.3. The molecule has 0 aliphatic carbocycles. The highest BCUT2D eigenvalue weighted by Crippen LogP contribution is 2.23. The van der Waals surface area contributed by atoms with Crippen molar-refractivity contribution in [3.8, 4) is 11.8 Å². The van der Waals surface area contributed by atoms with Gasteiger partial charge in [0.25, 0.3) is 5.91 Å². The summed E-state index contributed by atoms with van der Waals surface area (Å²) in [6, 6.07) is 7.80. The van der Waals surface area contributed by atoms with Crippen molar-refractivity contribution in [3.63, 3.8) is 0 Å². The van der Waals surface area contributed by atoms with Gasteiger partial charge in [-0.1, -0.05) is 13.0 Å². The molecule has 1 heterocycles. The van der Waals surface area contributed by atoms with E-state index in [0.29, 0.717) is 32.1 Å². The summed E-state index contributed by atoms with van der Waals surface area (Å²) >= 11 is 0. The molecule has 116 valence electrons. The summed E-state index contributed by atoms with van der Waals surface area (Å²) in [6.45, 7) is 4.12. The van der Waals surface area contributed by atoms with E-state index in [4.69, 9.17) is 9.47 Å². The van der Waals surface area contributed by atoms with E-state index < -0.39 is 0 Å². The number of methoxy groups -OCH3 is 1. The number of nitriles is 1. The van der Waals surface area contributed by atoms with E-state index in [1.807, 2.05) is 24.3 Å². The highest BCUT2D eigenvalue weighted by atomic mass is 16.5. The number of nitrogens with zero attached hydrogens (tertiary/aromatic N) is 2. The maximum atomic E-state index is 12.4. The van der Waals surface area contributed by atoms with E-state index in [0.717, 1.165) is 17.5 Å². The minimum atomic E-state index is -0.255. The number of rotatable bonds is 4. The molecule has 0 N–H and O–H groups in total. The number of hydrogen-bond acceptors (Lipinski definition) is 4. The summed E-state index contributed by atoms with van der Waals surface area (Å²) in [5.74, 6) is 0.398. The Morgan fingerprint density at radius 1 is 1.45 bits per heavy atom. The Morgan fingerprint density at radius 3 is 2.77 bits per heavy atom. The fourth-order valence-electron chi connectivity index (χ4n) is 2.35. The number of hydrogen-bond donors (Lipinski definition) is 0. The van der Waals surface area contributed by atoms with Crippen LogP contribution in [-0.2, 0) is 16.0 Å². The third kappa shape index (κ3) is 3.66. The zero-order valence-electron chi connectivity index (χ0n) is 13.0. The first-order valence-corrected chi connectivity index (χ1v) is 7.35. The van der Waals surface area contributed by atoms with Gasteiger partial charge in [0.15, 0.2) is 0 Å². The number of aryl methyl sites for hydroxylation is 1. The Bertz CT molecular complexity index is 611. The van der Waals surface area contributed by atoms with Gasteiger partial charge in [-0.15, -0.1) is 0 Å². The van der Waals surface area contributed by atoms with E-state index in [1.54, 1.807) is 18.1 Å². The van der Waals surface area contributed by atoms with Crippen LogP contribution >= 0.6 is 0 Å². The average molecular weight is 300 g/mol. The van der Waals surface area contributed by atoms with Crippen LogP contribution in [0.1, 0.15) is 18.1 Å². The first-order valence-electron chi connectivity index (χ1n) is 7.35. The lowest BCUT2D eigenvalue weighted by Gasteiger charge is -2.26. The number of benzene rings is 1. The predicted octanol–water partition coefficient (Wildman–Crippen LogP) is 2.02. The van der Waals surface area contributed by atoms with Crippen LogP contribution < -0.4 is 4.74 Å². The number of amides is 1. The van der Waals surface area contributed by atoms with Crippen molar-refractivity contribution in [2.45, 2.75) is 13.3 Å². The third-order valence-corrected chi connectivity index (χ3v) is 3.65. The second-order valence-corrected chi connectivity index (χ2v) is 5.00. The Hall–Kier alpha value is -2.32. The average Bonchev–Trinajstić information content (AvgIpc) is 2.59. The van der Waals surface area contributed by atoms with Crippen molar-refractivity contribution >= 4 is 12.0 Å². The Labute approximate surface area is 130 Å². The number of morpholine rings is 1. The number of carbonyl (C=O) groups excluding carboxylic acids is 1. The molecular formula is C17H20N2O3. The molecule has 0 saturated carbocycles. The van der Waals surface area contributed by atoms with E-state index in [-0.39, 0.29) is 11.5 Å². The molecule has 5 nitrogen and oxygen atoms in total. The minimum absolute atomic E-state index is 0.119. The molecule has 1 aromatic carbocycles. The van der Waals surface area contributed by atoms with Crippen molar-refractivity contribution < 1.29 is 14.3 Å². The van der Waals surface area contributed by atoms with Gasteiger partial charge in [-0.2, -0.15) is 5.26 Å². The summed E-state index contributed by atoms with van der Waals surface area (Å²) in [6.07, 6.45) is 2.49. The van der Waals surface area contributed by atoms with Crippen LogP contribution in [0.25, 0.3) is 6.08 Å². The summed E-state index contributed by atoms with van der Waals surface area (Å²) in [4.78, 5) is 14.1. The van der Waals surface area contributed by atoms with Crippen LogP contribution in [0.4, 0.5) is 0 Å². The predicted molar refractivity (Wildman–Crippen MR) is 83.4 cm³/mol. The van der Waals surface area contributed by atoms with E-state index in [2.05, 4.69) is 6.92 Å². The Kier molecular flexibility index (Phi) is 5.56. The summed E-state index contributed by atoms with van der Waals surface area (Å²) < 4.78 is 10.5. The smallest absolute Gasteiger partial charge is 0.264 e. The van der Waals surface area contributed by atoms with Crippen molar-refractivity contribution in [3.05, 3.63) is 34.9 Å². The van der Waals surface area contributed by atoms with Crippen molar-refractivity contribution in [1.82, 2.24) is 4.90 Å². The molecule has 22 heavy (non-hydrogen) atoms. The molecule has 1 saturated heterocycles. The molecule has 0 bridgehead atoms. The standard InChI is InChI=1S/C17H20N2O3/c1-3-13-4-5-16(21-2)14(10-13)11-15(12-18)17(20)19-6-8-22-9-7-19/h4-5,10-11H,3,6-9H2,1-2H3/b15-11+. The van der Waals surface area contributed by atoms with E-state index >= 15 is 0 Å². The fraction of sp³-hybridized carbons (Fsp3) is 0.412. The van der Waals surface area contributed by atoms with Gasteiger partial charge in [0.2, 0.25) is 0 Å². The van der Waals surface area contributed by atoms with Crippen LogP contribution in [0.2, 0.25) is 0 Å². The highest BCUT2D eigenvalue weighted by Gasteiger charge is 2.21. The van der Waals surface area contributed by atoms with Crippen LogP contribution in [0, 0.1) is 11.3 Å². The lowest BCUT2D eigenvalue weighted by molar-refractivity contribution is -0.130. The monoisotopic (exact) mass is 300 g/mol. The molecular weight excluding hydrogens is 280 g/mol. The molecule has 1 fully saturated rings. The second kappa shape index (κ2) is 7.62. The van der Waals surface area contributed by atoms with Crippen molar-refractivity contribution in [2.24, 2.45) is 0 Å². The van der Waals surface area contributed by atoms with Crippen molar-refractivity contribution in [1.29, 1.82) is 5.26 Å². The molecule has 5 heteroatoms. The molecule has 0 spiro atoms. The van der Waals surface area contributed by atoms with Crippen LogP contribution in [0.15, 0.2) is 23.8 Å². The molecule has 0 unspecified atom stereocenters. The van der Waals surface area contributed by atoms with Gasteiger partial charge in [-0.05, 0) is 30.2 Å². The maximum absolute atomic E-state index is 12.4. The molecule has 1 amide bonds. The van der Waals surface area contributed by atoms with Crippen LogP contribution in [0.5, 0.6) is 5.75 Å². The fourth-order valence-corrected chi connectivity index (χ4v) is 2.35. The molecule has 0 radical (unpaired) electrons. The highest BCUT2D eigenvalue weighted by molar-refractivity contribution is 6.02. The van der Waals surface area contributed by atoms with E-state index in [1.165, 1.54) is 0 Å². The van der Waals surface area contributed by atoms with Gasteiger partial charge in [0.1, 0.15) is 17.4 Å². The largest absolute Gasteiger partial charge is 0.496 e. The number of carbonyl (C=O) groups is 1. The van der Waals surface area contributed by atoms with Gasteiger partial charge >= 0.3 is 0 Å².